The number of fused-ring (bicyclic) bond motifs is 1. The molecule has 1 atom stereocenters. The van der Waals surface area contributed by atoms with Crippen molar-refractivity contribution in [3.63, 3.8) is 0 Å². The summed E-state index contributed by atoms with van der Waals surface area (Å²) >= 11 is 1.03. The third-order valence-corrected chi connectivity index (χ3v) is 7.13. The van der Waals surface area contributed by atoms with Crippen LogP contribution in [0.4, 0.5) is 4.79 Å². The maximum absolute atomic E-state index is 11.8. The number of benzene rings is 3. The van der Waals surface area contributed by atoms with Gasteiger partial charge in [-0.25, -0.2) is 4.98 Å². The second-order valence-corrected chi connectivity index (χ2v) is 9.94. The van der Waals surface area contributed by atoms with Crippen LogP contribution in [0.1, 0.15) is 22.5 Å². The minimum absolute atomic E-state index is 0.242. The molecule has 1 fully saturated rings. The Labute approximate surface area is 212 Å². The van der Waals surface area contributed by atoms with E-state index >= 15 is 0 Å². The molecule has 5 rings (SSSR count). The van der Waals surface area contributed by atoms with Crippen LogP contribution in [0.2, 0.25) is 0 Å². The molecule has 4 aromatic rings. The van der Waals surface area contributed by atoms with Crippen molar-refractivity contribution in [1.29, 1.82) is 0 Å². The van der Waals surface area contributed by atoms with E-state index in [0.29, 0.717) is 23.7 Å². The SMILES string of the molecule is Cc1cc(Oc2ccc3nc(COc4ccc(CC5SC(=O)NC5=O)cc4)n(C)c3c2)c(C)cc1O. The van der Waals surface area contributed by atoms with Gasteiger partial charge in [0, 0.05) is 13.1 Å². The Balaban J connectivity index is 1.26. The molecule has 1 aliphatic rings. The molecule has 0 aliphatic carbocycles. The van der Waals surface area contributed by atoms with E-state index in [1.165, 1.54) is 0 Å². The quantitative estimate of drug-likeness (QED) is 0.359. The van der Waals surface area contributed by atoms with Crippen LogP contribution in [-0.4, -0.2) is 31.1 Å². The van der Waals surface area contributed by atoms with Crippen LogP contribution in [0.3, 0.4) is 0 Å². The molecule has 1 aromatic heterocycles. The van der Waals surface area contributed by atoms with Crippen LogP contribution in [0.5, 0.6) is 23.0 Å². The van der Waals surface area contributed by atoms with Gasteiger partial charge < -0.3 is 19.1 Å². The van der Waals surface area contributed by atoms with Gasteiger partial charge in [0.25, 0.3) is 5.24 Å². The van der Waals surface area contributed by atoms with Crippen LogP contribution in [0.25, 0.3) is 11.0 Å². The third-order valence-electron chi connectivity index (χ3n) is 6.15. The van der Waals surface area contributed by atoms with Gasteiger partial charge in [-0.1, -0.05) is 23.9 Å². The van der Waals surface area contributed by atoms with Gasteiger partial charge in [-0.15, -0.1) is 0 Å². The molecule has 3 aromatic carbocycles. The summed E-state index contributed by atoms with van der Waals surface area (Å²) in [5, 5.41) is 11.5. The second kappa shape index (κ2) is 9.58. The highest BCUT2D eigenvalue weighted by Crippen LogP contribution is 2.32. The van der Waals surface area contributed by atoms with E-state index in [-0.39, 0.29) is 28.8 Å². The van der Waals surface area contributed by atoms with Gasteiger partial charge in [-0.2, -0.15) is 0 Å². The number of ether oxygens (including phenoxy) is 2. The Morgan fingerprint density at radius 2 is 1.78 bits per heavy atom. The molecule has 0 radical (unpaired) electrons. The molecule has 0 saturated carbocycles. The van der Waals surface area contributed by atoms with E-state index in [1.807, 2.05) is 74.0 Å². The first-order chi connectivity index (χ1) is 17.3. The number of imidazole rings is 1. The molecule has 2 heterocycles. The summed E-state index contributed by atoms with van der Waals surface area (Å²) in [4.78, 5) is 27.8. The highest BCUT2D eigenvalue weighted by atomic mass is 32.2. The van der Waals surface area contributed by atoms with Gasteiger partial charge in [0.1, 0.15) is 35.4 Å². The minimum atomic E-state index is -0.389. The van der Waals surface area contributed by atoms with Crippen molar-refractivity contribution < 1.29 is 24.2 Å². The summed E-state index contributed by atoms with van der Waals surface area (Å²) in [7, 11) is 1.93. The molecule has 1 aliphatic heterocycles. The molecule has 36 heavy (non-hydrogen) atoms. The van der Waals surface area contributed by atoms with Crippen molar-refractivity contribution in [2.24, 2.45) is 7.05 Å². The molecule has 0 bridgehead atoms. The number of hydrogen-bond acceptors (Lipinski definition) is 7. The van der Waals surface area contributed by atoms with E-state index in [9.17, 15) is 14.7 Å². The summed E-state index contributed by atoms with van der Waals surface area (Å²) in [6, 6.07) is 16.7. The average Bonchev–Trinajstić information content (AvgIpc) is 3.34. The molecule has 8 nitrogen and oxygen atoms in total. The number of amides is 2. The fraction of sp³-hybridized carbons (Fsp3) is 0.222. The number of phenols is 1. The van der Waals surface area contributed by atoms with Gasteiger partial charge >= 0.3 is 0 Å². The largest absolute Gasteiger partial charge is 0.508 e. The Bertz CT molecular complexity index is 1480. The van der Waals surface area contributed by atoms with Crippen molar-refractivity contribution >= 4 is 33.9 Å². The number of imide groups is 1. The summed E-state index contributed by atoms with van der Waals surface area (Å²) in [6.45, 7) is 4.01. The topological polar surface area (TPSA) is 103 Å². The summed E-state index contributed by atoms with van der Waals surface area (Å²) < 4.78 is 14.0. The molecule has 0 spiro atoms. The lowest BCUT2D eigenvalue weighted by Crippen LogP contribution is -2.25. The molecular formula is C27H25N3O5S. The summed E-state index contributed by atoms with van der Waals surface area (Å²) in [5.74, 6) is 2.83. The highest BCUT2D eigenvalue weighted by molar-refractivity contribution is 8.15. The van der Waals surface area contributed by atoms with Gasteiger partial charge in [-0.3, -0.25) is 14.9 Å². The lowest BCUT2D eigenvalue weighted by molar-refractivity contribution is -0.118. The van der Waals surface area contributed by atoms with E-state index < -0.39 is 0 Å². The number of nitrogens with one attached hydrogen (secondary N) is 1. The monoisotopic (exact) mass is 503 g/mol. The number of aromatic nitrogens is 2. The molecule has 2 amide bonds. The lowest BCUT2D eigenvalue weighted by atomic mass is 10.1. The predicted octanol–water partition coefficient (Wildman–Crippen LogP) is 5.16. The zero-order chi connectivity index (χ0) is 25.4. The molecular weight excluding hydrogens is 478 g/mol. The first-order valence-corrected chi connectivity index (χ1v) is 12.3. The molecule has 184 valence electrons. The Hall–Kier alpha value is -3.98. The van der Waals surface area contributed by atoms with Gasteiger partial charge in [0.05, 0.1) is 16.3 Å². The first-order valence-electron chi connectivity index (χ1n) is 11.4. The van der Waals surface area contributed by atoms with Crippen molar-refractivity contribution in [2.45, 2.75) is 32.1 Å². The number of nitrogens with zero attached hydrogens (tertiary/aromatic N) is 2. The van der Waals surface area contributed by atoms with E-state index in [4.69, 9.17) is 14.5 Å². The average molecular weight is 504 g/mol. The maximum Gasteiger partial charge on any atom is 0.286 e. The van der Waals surface area contributed by atoms with Crippen LogP contribution < -0.4 is 14.8 Å². The van der Waals surface area contributed by atoms with Crippen molar-refractivity contribution in [3.05, 3.63) is 77.1 Å². The number of aryl methyl sites for hydroxylation is 3. The highest BCUT2D eigenvalue weighted by Gasteiger charge is 2.31. The van der Waals surface area contributed by atoms with Gasteiger partial charge in [-0.05, 0) is 73.4 Å². The van der Waals surface area contributed by atoms with Gasteiger partial charge in [0.2, 0.25) is 5.91 Å². The number of carbonyl (C=O) groups excluding carboxylic acids is 2. The normalized spacial score (nSPS) is 15.4. The second-order valence-electron chi connectivity index (χ2n) is 8.76. The first kappa shape index (κ1) is 23.7. The van der Waals surface area contributed by atoms with Crippen molar-refractivity contribution in [3.8, 4) is 23.0 Å². The fourth-order valence-corrected chi connectivity index (χ4v) is 4.89. The van der Waals surface area contributed by atoms with Gasteiger partial charge in [0.15, 0.2) is 0 Å². The molecule has 2 N–H and O–H groups in total. The maximum atomic E-state index is 11.8. The smallest absolute Gasteiger partial charge is 0.286 e. The Morgan fingerprint density at radius 1 is 1.03 bits per heavy atom. The zero-order valence-electron chi connectivity index (χ0n) is 20.1. The van der Waals surface area contributed by atoms with E-state index in [2.05, 4.69) is 5.32 Å². The molecule has 1 saturated heterocycles. The number of aromatic hydroxyl groups is 1. The molecule has 9 heteroatoms. The third kappa shape index (κ3) is 4.87. The van der Waals surface area contributed by atoms with Crippen molar-refractivity contribution in [2.75, 3.05) is 0 Å². The Kier molecular flexibility index (Phi) is 6.32. The number of hydrogen-bond donors (Lipinski definition) is 2. The zero-order valence-corrected chi connectivity index (χ0v) is 20.9. The molecule has 1 unspecified atom stereocenters. The number of thioether (sulfide) groups is 1. The van der Waals surface area contributed by atoms with E-state index in [0.717, 1.165) is 45.3 Å². The summed E-state index contributed by atoms with van der Waals surface area (Å²) in [6.07, 6.45) is 0.487. The predicted molar refractivity (Wildman–Crippen MR) is 138 cm³/mol. The van der Waals surface area contributed by atoms with Crippen molar-refractivity contribution in [1.82, 2.24) is 14.9 Å². The summed E-state index contributed by atoms with van der Waals surface area (Å²) in [5.41, 5.74) is 4.31. The van der Waals surface area contributed by atoms with E-state index in [1.54, 1.807) is 6.07 Å². The minimum Gasteiger partial charge on any atom is -0.508 e. The standard InChI is InChI=1S/C27H25N3O5S/c1-15-11-23(16(2)10-22(15)31)35-19-8-9-20-21(13-19)30(3)25(28-20)14-34-18-6-4-17(5-7-18)12-24-26(32)29-27(33)36-24/h4-11,13,24,31H,12,14H2,1-3H3,(H,29,32,33). The number of phenolic OH excluding ortho intramolecular Hbond substituents is 1. The van der Waals surface area contributed by atoms with Crippen LogP contribution in [0, 0.1) is 13.8 Å². The number of rotatable bonds is 7. The van der Waals surface area contributed by atoms with Crippen LogP contribution in [-0.2, 0) is 24.9 Å². The Morgan fingerprint density at radius 3 is 2.50 bits per heavy atom. The lowest BCUT2D eigenvalue weighted by Gasteiger charge is -2.11. The number of carbonyl (C=O) groups is 2. The van der Waals surface area contributed by atoms with Crippen LogP contribution >= 0.6 is 11.8 Å². The van der Waals surface area contributed by atoms with Crippen LogP contribution in [0.15, 0.2) is 54.6 Å². The fourth-order valence-electron chi connectivity index (χ4n) is 4.03.